The van der Waals surface area contributed by atoms with Crippen LogP contribution in [0.2, 0.25) is 0 Å². The second-order valence-corrected chi connectivity index (χ2v) is 10.9. The van der Waals surface area contributed by atoms with E-state index in [-0.39, 0.29) is 28.2 Å². The van der Waals surface area contributed by atoms with Crippen molar-refractivity contribution in [2.45, 2.75) is 51.8 Å². The van der Waals surface area contributed by atoms with Gasteiger partial charge in [0.1, 0.15) is 22.7 Å². The largest absolute Gasteiger partial charge is 0.494 e. The molecular weight excluding hydrogens is 553 g/mol. The van der Waals surface area contributed by atoms with Crippen molar-refractivity contribution in [1.29, 1.82) is 0 Å². The van der Waals surface area contributed by atoms with E-state index in [1.807, 2.05) is 0 Å². The van der Waals surface area contributed by atoms with Crippen molar-refractivity contribution in [3.8, 4) is 17.3 Å². The number of carbonyl (C=O) groups is 2. The number of halogens is 3. The first-order chi connectivity index (χ1) is 19.6. The van der Waals surface area contributed by atoms with Gasteiger partial charge in [-0.2, -0.15) is 0 Å². The van der Waals surface area contributed by atoms with Crippen LogP contribution in [0.25, 0.3) is 33.5 Å². The summed E-state index contributed by atoms with van der Waals surface area (Å²) in [5, 5.41) is 2.93. The molecule has 2 heterocycles. The SMILES string of the molecule is C=CC(F)(F)Cn1c(-c2nc3cc(C(=O)OC)cc(OC)c3n2C)cc2cc(F)c([C@@H](C)NC(=O)OC(C)(C)C)cc21. The maximum Gasteiger partial charge on any atom is 0.408 e. The molecule has 0 aliphatic rings. The Morgan fingerprint density at radius 3 is 2.43 bits per heavy atom. The number of alkyl halides is 2. The molecule has 1 N–H and O–H groups in total. The lowest BCUT2D eigenvalue weighted by Crippen LogP contribution is -2.34. The summed E-state index contributed by atoms with van der Waals surface area (Å²) in [5.74, 6) is -3.97. The van der Waals surface area contributed by atoms with Gasteiger partial charge in [0.05, 0.1) is 43.6 Å². The fraction of sp³-hybridized carbons (Fsp3) is 0.367. The number of esters is 1. The van der Waals surface area contributed by atoms with Crippen LogP contribution in [0, 0.1) is 5.82 Å². The lowest BCUT2D eigenvalue weighted by Gasteiger charge is -2.22. The number of nitrogens with one attached hydrogen (secondary N) is 1. The number of hydrogen-bond donors (Lipinski definition) is 1. The number of methoxy groups -OCH3 is 2. The summed E-state index contributed by atoms with van der Waals surface area (Å²) in [6, 6.07) is 6.38. The zero-order valence-corrected chi connectivity index (χ0v) is 24.5. The fourth-order valence-corrected chi connectivity index (χ4v) is 4.75. The molecule has 0 aliphatic carbocycles. The predicted molar refractivity (Wildman–Crippen MR) is 152 cm³/mol. The Labute approximate surface area is 240 Å². The lowest BCUT2D eigenvalue weighted by molar-refractivity contribution is 0.0380. The number of aromatic nitrogens is 3. The van der Waals surface area contributed by atoms with Gasteiger partial charge in [-0.05, 0) is 64.1 Å². The van der Waals surface area contributed by atoms with Crippen molar-refractivity contribution < 1.29 is 37.0 Å². The average molecular weight is 587 g/mol. The van der Waals surface area contributed by atoms with Crippen LogP contribution in [0.5, 0.6) is 5.75 Å². The summed E-state index contributed by atoms with van der Waals surface area (Å²) < 4.78 is 63.6. The van der Waals surface area contributed by atoms with Gasteiger partial charge < -0.3 is 28.7 Å². The number of nitrogens with zero attached hydrogens (tertiary/aromatic N) is 3. The maximum atomic E-state index is 15.4. The summed E-state index contributed by atoms with van der Waals surface area (Å²) in [5.41, 5.74) is 0.930. The molecular formula is C30H33F3N4O5. The molecule has 9 nitrogen and oxygen atoms in total. The molecule has 0 radical (unpaired) electrons. The van der Waals surface area contributed by atoms with Crippen LogP contribution in [-0.2, 0) is 23.1 Å². The Balaban J connectivity index is 1.92. The molecule has 2 aromatic carbocycles. The first-order valence-corrected chi connectivity index (χ1v) is 13.1. The first kappa shape index (κ1) is 30.5. The molecule has 0 unspecified atom stereocenters. The molecule has 1 atom stereocenters. The quantitative estimate of drug-likeness (QED) is 0.186. The zero-order valence-electron chi connectivity index (χ0n) is 24.5. The third-order valence-corrected chi connectivity index (χ3v) is 6.69. The van der Waals surface area contributed by atoms with Gasteiger partial charge in [0, 0.05) is 23.5 Å². The number of aryl methyl sites for hydroxylation is 1. The van der Waals surface area contributed by atoms with Crippen molar-refractivity contribution in [3.05, 3.63) is 59.9 Å². The van der Waals surface area contributed by atoms with Crippen LogP contribution >= 0.6 is 0 Å². The van der Waals surface area contributed by atoms with E-state index < -0.39 is 42.0 Å². The van der Waals surface area contributed by atoms with Crippen molar-refractivity contribution in [3.63, 3.8) is 0 Å². The van der Waals surface area contributed by atoms with Crippen molar-refractivity contribution in [2.24, 2.45) is 7.05 Å². The third-order valence-electron chi connectivity index (χ3n) is 6.69. The average Bonchev–Trinajstić information content (AvgIpc) is 3.41. The molecule has 0 saturated heterocycles. The van der Waals surface area contributed by atoms with Crippen LogP contribution < -0.4 is 10.1 Å². The molecule has 42 heavy (non-hydrogen) atoms. The Kier molecular flexibility index (Phi) is 8.03. The molecule has 0 bridgehead atoms. The highest BCUT2D eigenvalue weighted by Gasteiger charge is 2.30. The highest BCUT2D eigenvalue weighted by Crippen LogP contribution is 2.37. The highest BCUT2D eigenvalue weighted by molar-refractivity contribution is 5.97. The minimum atomic E-state index is -3.32. The number of fused-ring (bicyclic) bond motifs is 2. The predicted octanol–water partition coefficient (Wildman–Crippen LogP) is 6.54. The van der Waals surface area contributed by atoms with E-state index in [0.29, 0.717) is 28.2 Å². The number of imidazole rings is 1. The number of hydrogen-bond acceptors (Lipinski definition) is 6. The van der Waals surface area contributed by atoms with E-state index in [0.717, 1.165) is 0 Å². The highest BCUT2D eigenvalue weighted by atomic mass is 19.3. The lowest BCUT2D eigenvalue weighted by atomic mass is 10.1. The second-order valence-electron chi connectivity index (χ2n) is 10.9. The molecule has 0 fully saturated rings. The van der Waals surface area contributed by atoms with Gasteiger partial charge in [-0.3, -0.25) is 0 Å². The molecule has 0 saturated carbocycles. The molecule has 12 heteroatoms. The van der Waals surface area contributed by atoms with Crippen molar-refractivity contribution in [2.75, 3.05) is 14.2 Å². The Morgan fingerprint density at radius 1 is 1.14 bits per heavy atom. The molecule has 1 amide bonds. The standard InChI is InChI=1S/C30H33F3N4O5/c1-9-30(32,33)15-37-22-14-19(16(2)34-28(39)42-29(3,4)5)20(31)10-17(22)12-23(37)26-35-21-11-18(27(38)41-8)13-24(40-7)25(21)36(26)6/h9-14,16H,1,15H2,2-8H3,(H,34,39)/t16-/m1/s1. The van der Waals surface area contributed by atoms with E-state index in [4.69, 9.17) is 14.2 Å². The number of carbonyl (C=O) groups excluding carboxylic acids is 2. The van der Waals surface area contributed by atoms with Crippen molar-refractivity contribution in [1.82, 2.24) is 19.4 Å². The molecule has 0 aliphatic heterocycles. The van der Waals surface area contributed by atoms with E-state index in [2.05, 4.69) is 16.9 Å². The van der Waals surface area contributed by atoms with Crippen LogP contribution in [0.4, 0.5) is 18.0 Å². The van der Waals surface area contributed by atoms with Crippen LogP contribution in [0.1, 0.15) is 49.7 Å². The number of amides is 1. The van der Waals surface area contributed by atoms with Crippen LogP contribution in [-0.4, -0.2) is 51.9 Å². The number of benzene rings is 2. The normalized spacial score (nSPS) is 12.8. The van der Waals surface area contributed by atoms with Crippen molar-refractivity contribution >= 4 is 34.0 Å². The van der Waals surface area contributed by atoms with E-state index in [1.165, 1.54) is 43.1 Å². The zero-order chi connectivity index (χ0) is 31.1. The van der Waals surface area contributed by atoms with Gasteiger partial charge in [0.2, 0.25) is 0 Å². The molecule has 224 valence electrons. The number of ether oxygens (including phenoxy) is 3. The van der Waals surface area contributed by atoms with E-state index in [1.54, 1.807) is 45.4 Å². The van der Waals surface area contributed by atoms with Gasteiger partial charge in [-0.15, -0.1) is 0 Å². The molecule has 4 aromatic rings. The minimum Gasteiger partial charge on any atom is -0.494 e. The maximum absolute atomic E-state index is 15.4. The van der Waals surface area contributed by atoms with Crippen LogP contribution in [0.15, 0.2) is 43.0 Å². The summed E-state index contributed by atoms with van der Waals surface area (Å²) in [6.45, 7) is 9.11. The van der Waals surface area contributed by atoms with Gasteiger partial charge in [0.25, 0.3) is 5.92 Å². The summed E-state index contributed by atoms with van der Waals surface area (Å²) >= 11 is 0. The van der Waals surface area contributed by atoms with E-state index in [9.17, 15) is 18.4 Å². The smallest absolute Gasteiger partial charge is 0.408 e. The van der Waals surface area contributed by atoms with Gasteiger partial charge in [0.15, 0.2) is 5.82 Å². The Hall–Kier alpha value is -4.48. The summed E-state index contributed by atoms with van der Waals surface area (Å²) in [4.78, 5) is 29.2. The molecule has 4 rings (SSSR count). The van der Waals surface area contributed by atoms with E-state index >= 15 is 4.39 Å². The van der Waals surface area contributed by atoms with Crippen LogP contribution in [0.3, 0.4) is 0 Å². The monoisotopic (exact) mass is 586 g/mol. The summed E-state index contributed by atoms with van der Waals surface area (Å²) in [6.07, 6.45) is -0.205. The Morgan fingerprint density at radius 2 is 1.83 bits per heavy atom. The summed E-state index contributed by atoms with van der Waals surface area (Å²) in [7, 11) is 4.36. The van der Waals surface area contributed by atoms with Gasteiger partial charge in [-0.1, -0.05) is 6.58 Å². The fourth-order valence-electron chi connectivity index (χ4n) is 4.75. The number of alkyl carbamates (subject to hydrolysis) is 1. The topological polar surface area (TPSA) is 96.6 Å². The van der Waals surface area contributed by atoms with Gasteiger partial charge >= 0.3 is 12.1 Å². The number of rotatable bonds is 8. The van der Waals surface area contributed by atoms with Gasteiger partial charge in [-0.25, -0.2) is 27.7 Å². The Bertz CT molecular complexity index is 1700. The molecule has 2 aromatic heterocycles. The minimum absolute atomic E-state index is 0.0792. The molecule has 0 spiro atoms. The first-order valence-electron chi connectivity index (χ1n) is 13.1. The number of allylic oxidation sites excluding steroid dienone is 1. The third kappa shape index (κ3) is 5.93. The second kappa shape index (κ2) is 11.1.